The molecule has 0 aromatic carbocycles. The second-order valence-electron chi connectivity index (χ2n) is 4.28. The van der Waals surface area contributed by atoms with E-state index in [4.69, 9.17) is 0 Å². The van der Waals surface area contributed by atoms with E-state index >= 15 is 0 Å². The number of hydrogen-bond acceptors (Lipinski definition) is 2. The highest BCUT2D eigenvalue weighted by Gasteiger charge is 1.96. The van der Waals surface area contributed by atoms with Gasteiger partial charge in [-0.25, -0.2) is 4.98 Å². The van der Waals surface area contributed by atoms with Gasteiger partial charge in [0.1, 0.15) is 5.69 Å². The Bertz CT molecular complexity index is 294. The normalized spacial score (nSPS) is 10.6. The van der Waals surface area contributed by atoms with Crippen LogP contribution >= 0.6 is 0 Å². The van der Waals surface area contributed by atoms with Gasteiger partial charge in [0.2, 0.25) is 0 Å². The quantitative estimate of drug-likeness (QED) is 0.474. The molecule has 3 nitrogen and oxygen atoms in total. The fraction of sp³-hybridized carbons (Fsp3) is 0.692. The minimum absolute atomic E-state index is 0.531. The first-order valence-corrected chi connectivity index (χ1v) is 6.33. The Morgan fingerprint density at radius 1 is 1.19 bits per heavy atom. The molecule has 0 spiro atoms. The fourth-order valence-corrected chi connectivity index (χ4v) is 1.81. The summed E-state index contributed by atoms with van der Waals surface area (Å²) in [6, 6.07) is 0. The molecule has 0 bridgehead atoms. The predicted molar refractivity (Wildman–Crippen MR) is 65.6 cm³/mol. The third kappa shape index (κ3) is 5.10. The molecule has 0 saturated carbocycles. The van der Waals surface area contributed by atoms with Crippen LogP contribution in [0.1, 0.15) is 62.4 Å². The first-order chi connectivity index (χ1) is 7.86. The Labute approximate surface area is 97.9 Å². The van der Waals surface area contributed by atoms with Gasteiger partial charge in [-0.3, -0.25) is 4.79 Å². The Kier molecular flexibility index (Phi) is 6.54. The van der Waals surface area contributed by atoms with Gasteiger partial charge in [0, 0.05) is 12.7 Å². The van der Waals surface area contributed by atoms with E-state index in [-0.39, 0.29) is 0 Å². The van der Waals surface area contributed by atoms with Crippen LogP contribution in [-0.4, -0.2) is 15.8 Å². The zero-order valence-electron chi connectivity index (χ0n) is 10.2. The van der Waals surface area contributed by atoms with E-state index in [0.717, 1.165) is 12.8 Å². The smallest absolute Gasteiger partial charge is 0.169 e. The molecule has 0 unspecified atom stereocenters. The summed E-state index contributed by atoms with van der Waals surface area (Å²) >= 11 is 0. The molecule has 3 heteroatoms. The van der Waals surface area contributed by atoms with Gasteiger partial charge in [0.25, 0.3) is 0 Å². The number of carbonyl (C=O) groups is 1. The Hall–Kier alpha value is -1.12. The van der Waals surface area contributed by atoms with Crippen molar-refractivity contribution < 1.29 is 4.79 Å². The lowest BCUT2D eigenvalue weighted by atomic mass is 10.1. The molecule has 0 fully saturated rings. The van der Waals surface area contributed by atoms with Crippen LogP contribution in [0.3, 0.4) is 0 Å². The highest BCUT2D eigenvalue weighted by atomic mass is 16.1. The van der Waals surface area contributed by atoms with E-state index in [2.05, 4.69) is 11.9 Å². The van der Waals surface area contributed by atoms with Gasteiger partial charge < -0.3 is 4.57 Å². The van der Waals surface area contributed by atoms with Gasteiger partial charge >= 0.3 is 0 Å². The average Bonchev–Trinajstić information content (AvgIpc) is 2.76. The van der Waals surface area contributed by atoms with Gasteiger partial charge in [-0.15, -0.1) is 0 Å². The summed E-state index contributed by atoms with van der Waals surface area (Å²) in [5, 5.41) is 0. The maximum Gasteiger partial charge on any atom is 0.169 e. The molecule has 0 atom stereocenters. The molecule has 16 heavy (non-hydrogen) atoms. The summed E-state index contributed by atoms with van der Waals surface area (Å²) in [4.78, 5) is 14.4. The molecular formula is C13H22N2O. The minimum Gasteiger partial charge on any atom is -0.337 e. The average molecular weight is 222 g/mol. The van der Waals surface area contributed by atoms with E-state index in [0.29, 0.717) is 5.69 Å². The van der Waals surface area contributed by atoms with Crippen LogP contribution in [0.2, 0.25) is 0 Å². The summed E-state index contributed by atoms with van der Waals surface area (Å²) in [5.41, 5.74) is 0.531. The molecule has 0 aliphatic rings. The van der Waals surface area contributed by atoms with E-state index in [1.807, 2.05) is 10.8 Å². The monoisotopic (exact) mass is 222 g/mol. The van der Waals surface area contributed by atoms with E-state index < -0.39 is 0 Å². The molecule has 1 aromatic rings. The van der Waals surface area contributed by atoms with Crippen molar-refractivity contribution in [3.63, 3.8) is 0 Å². The van der Waals surface area contributed by atoms with Crippen LogP contribution < -0.4 is 0 Å². The molecule has 0 aliphatic carbocycles. The van der Waals surface area contributed by atoms with Gasteiger partial charge in [-0.1, -0.05) is 45.4 Å². The number of hydrogen-bond donors (Lipinski definition) is 0. The zero-order valence-corrected chi connectivity index (χ0v) is 10.2. The Morgan fingerprint density at radius 3 is 2.50 bits per heavy atom. The van der Waals surface area contributed by atoms with Crippen LogP contribution in [0.4, 0.5) is 0 Å². The Morgan fingerprint density at radius 2 is 1.88 bits per heavy atom. The summed E-state index contributed by atoms with van der Waals surface area (Å²) < 4.78 is 2.00. The molecule has 1 rings (SSSR count). The van der Waals surface area contributed by atoms with Crippen LogP contribution in [0.15, 0.2) is 12.5 Å². The van der Waals surface area contributed by atoms with Crippen LogP contribution in [0.5, 0.6) is 0 Å². The lowest BCUT2D eigenvalue weighted by Gasteiger charge is -2.02. The largest absolute Gasteiger partial charge is 0.337 e. The second kappa shape index (κ2) is 8.08. The number of unbranched alkanes of at least 4 members (excludes halogenated alkanes) is 6. The molecule has 0 saturated heterocycles. The first-order valence-electron chi connectivity index (χ1n) is 6.33. The van der Waals surface area contributed by atoms with Crippen LogP contribution in [0.25, 0.3) is 0 Å². The summed E-state index contributed by atoms with van der Waals surface area (Å²) in [7, 11) is 0. The fourth-order valence-electron chi connectivity index (χ4n) is 1.81. The molecule has 1 heterocycles. The van der Waals surface area contributed by atoms with Gasteiger partial charge in [-0.05, 0) is 6.42 Å². The second-order valence-corrected chi connectivity index (χ2v) is 4.28. The molecule has 1 aromatic heterocycles. The van der Waals surface area contributed by atoms with Crippen molar-refractivity contribution in [1.29, 1.82) is 0 Å². The Balaban J connectivity index is 2.00. The van der Waals surface area contributed by atoms with Gasteiger partial charge in [-0.2, -0.15) is 0 Å². The maximum absolute atomic E-state index is 10.4. The van der Waals surface area contributed by atoms with E-state index in [9.17, 15) is 4.79 Å². The summed E-state index contributed by atoms with van der Waals surface area (Å²) in [6.07, 6.45) is 13.5. The van der Waals surface area contributed by atoms with Crippen molar-refractivity contribution in [2.24, 2.45) is 0 Å². The van der Waals surface area contributed by atoms with Crippen molar-refractivity contribution in [1.82, 2.24) is 9.55 Å². The molecule has 90 valence electrons. The zero-order chi connectivity index (χ0) is 11.6. The lowest BCUT2D eigenvalue weighted by molar-refractivity contribution is 0.111. The number of aromatic nitrogens is 2. The van der Waals surface area contributed by atoms with Gasteiger partial charge in [0.15, 0.2) is 6.29 Å². The summed E-state index contributed by atoms with van der Waals surface area (Å²) in [6.45, 7) is 3.22. The maximum atomic E-state index is 10.4. The predicted octanol–water partition coefficient (Wildman–Crippen LogP) is 3.45. The molecule has 0 N–H and O–H groups in total. The van der Waals surface area contributed by atoms with E-state index in [1.54, 1.807) is 6.33 Å². The van der Waals surface area contributed by atoms with Crippen LogP contribution in [0, 0.1) is 0 Å². The molecule has 0 amide bonds. The van der Waals surface area contributed by atoms with Crippen molar-refractivity contribution in [3.05, 3.63) is 18.2 Å². The molecule has 0 aliphatic heterocycles. The first kappa shape index (κ1) is 12.9. The van der Waals surface area contributed by atoms with Crippen molar-refractivity contribution >= 4 is 6.29 Å². The number of carbonyl (C=O) groups excluding carboxylic acids is 1. The number of imidazole rings is 1. The number of nitrogens with zero attached hydrogens (tertiary/aromatic N) is 2. The number of aryl methyl sites for hydroxylation is 1. The van der Waals surface area contributed by atoms with E-state index in [1.165, 1.54) is 44.9 Å². The SMILES string of the molecule is CCCCCCCCCn1cnc(C=O)c1. The standard InChI is InChI=1S/C13H22N2O/c1-2-3-4-5-6-7-8-9-15-10-13(11-16)14-12-15/h10-12H,2-9H2,1H3. The number of rotatable bonds is 9. The van der Waals surface area contributed by atoms with Crippen LogP contribution in [-0.2, 0) is 6.54 Å². The molecular weight excluding hydrogens is 200 g/mol. The minimum atomic E-state index is 0.531. The van der Waals surface area contributed by atoms with Crippen molar-refractivity contribution in [2.45, 2.75) is 58.4 Å². The molecule has 0 radical (unpaired) electrons. The highest BCUT2D eigenvalue weighted by Crippen LogP contribution is 2.07. The number of aldehydes is 1. The highest BCUT2D eigenvalue weighted by molar-refractivity contribution is 5.70. The third-order valence-corrected chi connectivity index (χ3v) is 2.79. The van der Waals surface area contributed by atoms with Gasteiger partial charge in [0.05, 0.1) is 6.33 Å². The topological polar surface area (TPSA) is 34.9 Å². The van der Waals surface area contributed by atoms with Crippen molar-refractivity contribution in [3.8, 4) is 0 Å². The third-order valence-electron chi connectivity index (χ3n) is 2.79. The lowest BCUT2D eigenvalue weighted by Crippen LogP contribution is -1.94. The van der Waals surface area contributed by atoms with Crippen molar-refractivity contribution in [2.75, 3.05) is 0 Å². The summed E-state index contributed by atoms with van der Waals surface area (Å²) in [5.74, 6) is 0.